The first-order valence-electron chi connectivity index (χ1n) is 12.8. The molecule has 10 heteroatoms. The maximum absolute atomic E-state index is 13.6. The van der Waals surface area contributed by atoms with Gasteiger partial charge in [-0.15, -0.1) is 0 Å². The van der Waals surface area contributed by atoms with Gasteiger partial charge in [-0.3, -0.25) is 34.4 Å². The SMILES string of the molecule is Cc1cc(-c2cc3c(cc2Nc2cccc4c2C(=O)N([C@H]2CCC(=O)NC2=O)C4=O)N(C)[C@@H](C)CO3)ccn1. The lowest BCUT2D eigenvalue weighted by molar-refractivity contribution is -0.136. The molecular formula is C29H27N5O5. The Bertz CT molecular complexity index is 1570. The maximum Gasteiger partial charge on any atom is 0.264 e. The maximum atomic E-state index is 13.6. The number of fused-ring (bicyclic) bond motifs is 2. The van der Waals surface area contributed by atoms with Crippen LogP contribution < -0.4 is 20.3 Å². The number of anilines is 3. The van der Waals surface area contributed by atoms with Gasteiger partial charge in [0, 0.05) is 36.6 Å². The summed E-state index contributed by atoms with van der Waals surface area (Å²) in [5.74, 6) is -1.42. The average Bonchev–Trinajstić information content (AvgIpc) is 3.17. The molecule has 0 radical (unpaired) electrons. The van der Waals surface area contributed by atoms with Gasteiger partial charge in [-0.25, -0.2) is 0 Å². The number of aromatic nitrogens is 1. The molecule has 0 aliphatic carbocycles. The molecule has 3 aliphatic rings. The Morgan fingerprint density at radius 2 is 1.85 bits per heavy atom. The van der Waals surface area contributed by atoms with Gasteiger partial charge in [-0.2, -0.15) is 0 Å². The first-order valence-corrected chi connectivity index (χ1v) is 12.8. The molecule has 2 N–H and O–H groups in total. The van der Waals surface area contributed by atoms with E-state index in [-0.39, 0.29) is 30.0 Å². The topological polar surface area (TPSA) is 121 Å². The molecule has 10 nitrogen and oxygen atoms in total. The number of ether oxygens (including phenoxy) is 1. The Labute approximate surface area is 225 Å². The molecule has 1 fully saturated rings. The van der Waals surface area contributed by atoms with E-state index in [1.807, 2.05) is 38.2 Å². The third-order valence-electron chi connectivity index (χ3n) is 7.57. The molecule has 39 heavy (non-hydrogen) atoms. The van der Waals surface area contributed by atoms with E-state index in [0.717, 1.165) is 38.8 Å². The number of hydrogen-bond acceptors (Lipinski definition) is 8. The summed E-state index contributed by atoms with van der Waals surface area (Å²) in [5, 5.41) is 5.65. The van der Waals surface area contributed by atoms with Crippen molar-refractivity contribution in [3.63, 3.8) is 0 Å². The fourth-order valence-electron chi connectivity index (χ4n) is 5.34. The van der Waals surface area contributed by atoms with E-state index in [1.54, 1.807) is 24.4 Å². The molecule has 2 aromatic carbocycles. The van der Waals surface area contributed by atoms with Gasteiger partial charge in [-0.05, 0) is 62.2 Å². The molecule has 0 saturated carbocycles. The first kappa shape index (κ1) is 24.6. The monoisotopic (exact) mass is 525 g/mol. The number of likely N-dealkylation sites (N-methyl/N-ethyl adjacent to an activating group) is 1. The summed E-state index contributed by atoms with van der Waals surface area (Å²) in [7, 11) is 2.01. The van der Waals surface area contributed by atoms with Gasteiger partial charge in [-0.1, -0.05) is 6.07 Å². The van der Waals surface area contributed by atoms with Crippen LogP contribution in [0.3, 0.4) is 0 Å². The molecule has 2 atom stereocenters. The van der Waals surface area contributed by atoms with Crippen LogP contribution in [0.15, 0.2) is 48.7 Å². The van der Waals surface area contributed by atoms with Crippen molar-refractivity contribution >= 4 is 40.7 Å². The number of imide groups is 2. The zero-order valence-electron chi connectivity index (χ0n) is 21.8. The van der Waals surface area contributed by atoms with Crippen molar-refractivity contribution < 1.29 is 23.9 Å². The van der Waals surface area contributed by atoms with Gasteiger partial charge in [0.1, 0.15) is 18.4 Å². The van der Waals surface area contributed by atoms with Gasteiger partial charge in [0.05, 0.1) is 28.5 Å². The molecule has 4 amide bonds. The number of nitrogens with zero attached hydrogens (tertiary/aromatic N) is 3. The minimum absolute atomic E-state index is 0.0623. The largest absolute Gasteiger partial charge is 0.489 e. The molecule has 6 rings (SSSR count). The molecule has 3 aliphatic heterocycles. The Morgan fingerprint density at radius 1 is 1.03 bits per heavy atom. The number of carbonyl (C=O) groups excluding carboxylic acids is 4. The molecule has 3 aromatic rings. The highest BCUT2D eigenvalue weighted by atomic mass is 16.5. The number of pyridine rings is 1. The first-order chi connectivity index (χ1) is 18.7. The zero-order valence-corrected chi connectivity index (χ0v) is 21.8. The van der Waals surface area contributed by atoms with Crippen LogP contribution in [0.25, 0.3) is 11.1 Å². The average molecular weight is 526 g/mol. The number of aryl methyl sites for hydroxylation is 1. The summed E-state index contributed by atoms with van der Waals surface area (Å²) in [6.07, 6.45) is 1.90. The Morgan fingerprint density at radius 3 is 2.62 bits per heavy atom. The van der Waals surface area contributed by atoms with E-state index in [1.165, 1.54) is 0 Å². The molecule has 1 saturated heterocycles. The second kappa shape index (κ2) is 9.23. The van der Waals surface area contributed by atoms with Crippen molar-refractivity contribution in [1.29, 1.82) is 0 Å². The number of hydrogen-bond donors (Lipinski definition) is 2. The van der Waals surface area contributed by atoms with Crippen molar-refractivity contribution in [2.24, 2.45) is 0 Å². The van der Waals surface area contributed by atoms with Crippen LogP contribution in [0.4, 0.5) is 17.1 Å². The van der Waals surface area contributed by atoms with Crippen molar-refractivity contribution in [2.45, 2.75) is 38.8 Å². The van der Waals surface area contributed by atoms with E-state index in [4.69, 9.17) is 4.74 Å². The van der Waals surface area contributed by atoms with Crippen LogP contribution in [-0.2, 0) is 9.59 Å². The van der Waals surface area contributed by atoms with Crippen molar-refractivity contribution in [2.75, 3.05) is 23.9 Å². The third kappa shape index (κ3) is 4.08. The summed E-state index contributed by atoms with van der Waals surface area (Å²) in [6.45, 7) is 4.55. The van der Waals surface area contributed by atoms with Gasteiger partial charge >= 0.3 is 0 Å². The van der Waals surface area contributed by atoms with Crippen LogP contribution in [0.5, 0.6) is 5.75 Å². The Kier molecular flexibility index (Phi) is 5.82. The zero-order chi connectivity index (χ0) is 27.4. The number of carbonyl (C=O) groups is 4. The molecule has 0 spiro atoms. The summed E-state index contributed by atoms with van der Waals surface area (Å²) < 4.78 is 6.06. The fraction of sp³-hybridized carbons (Fsp3) is 0.276. The summed E-state index contributed by atoms with van der Waals surface area (Å²) in [4.78, 5) is 58.5. The standard InChI is InChI=1S/C29H27N5O5/c1-15-11-17(9-10-30-15)19-12-24-23(33(3)16(2)14-39-24)13-21(19)31-20-6-4-5-18-26(20)29(38)34(28(18)37)22-7-8-25(35)32-27(22)36/h4-6,9-13,16,22,31H,7-8,14H2,1-3H3,(H,32,35,36)/t16-,22-/m0/s1. The highest BCUT2D eigenvalue weighted by molar-refractivity contribution is 6.25. The summed E-state index contributed by atoms with van der Waals surface area (Å²) in [6, 6.07) is 12.0. The van der Waals surface area contributed by atoms with E-state index in [2.05, 4.69) is 27.4 Å². The van der Waals surface area contributed by atoms with E-state index < -0.39 is 29.7 Å². The predicted octanol–water partition coefficient (Wildman–Crippen LogP) is 3.42. The quantitative estimate of drug-likeness (QED) is 0.497. The lowest BCUT2D eigenvalue weighted by Gasteiger charge is -2.34. The summed E-state index contributed by atoms with van der Waals surface area (Å²) in [5.41, 5.74) is 5.08. The van der Waals surface area contributed by atoms with E-state index in [9.17, 15) is 19.2 Å². The van der Waals surface area contributed by atoms with Gasteiger partial charge in [0.25, 0.3) is 11.8 Å². The smallest absolute Gasteiger partial charge is 0.264 e. The second-order valence-corrected chi connectivity index (χ2v) is 10.1. The molecule has 4 heterocycles. The third-order valence-corrected chi connectivity index (χ3v) is 7.57. The van der Waals surface area contributed by atoms with Crippen molar-refractivity contribution in [3.05, 3.63) is 65.5 Å². The van der Waals surface area contributed by atoms with Gasteiger partial charge < -0.3 is 15.0 Å². The Balaban J connectivity index is 1.43. The Hall–Kier alpha value is -4.73. The van der Waals surface area contributed by atoms with E-state index in [0.29, 0.717) is 12.3 Å². The lowest BCUT2D eigenvalue weighted by Crippen LogP contribution is -2.54. The van der Waals surface area contributed by atoms with E-state index >= 15 is 0 Å². The van der Waals surface area contributed by atoms with Gasteiger partial charge in [0.2, 0.25) is 11.8 Å². The van der Waals surface area contributed by atoms with Crippen LogP contribution in [0.2, 0.25) is 0 Å². The highest BCUT2D eigenvalue weighted by Gasteiger charge is 2.45. The van der Waals surface area contributed by atoms with Crippen LogP contribution in [0.1, 0.15) is 46.2 Å². The minimum Gasteiger partial charge on any atom is -0.489 e. The minimum atomic E-state index is -1.03. The molecular weight excluding hydrogens is 498 g/mol. The normalized spacial score (nSPS) is 20.4. The van der Waals surface area contributed by atoms with Crippen LogP contribution in [-0.4, -0.2) is 59.3 Å². The fourth-order valence-corrected chi connectivity index (χ4v) is 5.34. The number of piperidine rings is 1. The predicted molar refractivity (Wildman–Crippen MR) is 144 cm³/mol. The second-order valence-electron chi connectivity index (χ2n) is 10.1. The number of amides is 4. The van der Waals surface area contributed by atoms with Crippen molar-refractivity contribution in [1.82, 2.24) is 15.2 Å². The molecule has 0 unspecified atom stereocenters. The van der Waals surface area contributed by atoms with Gasteiger partial charge in [0.15, 0.2) is 0 Å². The number of rotatable bonds is 4. The molecule has 1 aromatic heterocycles. The highest BCUT2D eigenvalue weighted by Crippen LogP contribution is 2.43. The van der Waals surface area contributed by atoms with Crippen molar-refractivity contribution in [3.8, 4) is 16.9 Å². The number of nitrogens with one attached hydrogen (secondary N) is 2. The van der Waals surface area contributed by atoms with Crippen LogP contribution >= 0.6 is 0 Å². The molecule has 198 valence electrons. The molecule has 0 bridgehead atoms. The summed E-state index contributed by atoms with van der Waals surface area (Å²) >= 11 is 0. The van der Waals surface area contributed by atoms with Crippen LogP contribution in [0, 0.1) is 6.92 Å². The number of benzene rings is 2. The lowest BCUT2D eigenvalue weighted by atomic mass is 10.00.